The average Bonchev–Trinajstić information content (AvgIpc) is 3.36. The predicted molar refractivity (Wildman–Crippen MR) is 176 cm³/mol. The highest BCUT2D eigenvalue weighted by atomic mass is 35.5. The van der Waals surface area contributed by atoms with Gasteiger partial charge in [0.1, 0.15) is 5.75 Å². The van der Waals surface area contributed by atoms with Gasteiger partial charge in [-0.25, -0.2) is 0 Å². The van der Waals surface area contributed by atoms with Gasteiger partial charge in [-0.15, -0.1) is 13.2 Å². The van der Waals surface area contributed by atoms with Crippen molar-refractivity contribution in [1.29, 1.82) is 0 Å². The molecule has 2 fully saturated rings. The SMILES string of the molecule is NCCCn1cc(-c2ccc(OC(F)(F)F)cc2)c2cc(CN3CCCC4(CCN(Cc5c(Cl)cccc5Cl)CC4)C3)ccc21. The molecule has 0 radical (unpaired) electrons. The van der Waals surface area contributed by atoms with Gasteiger partial charge in [0.25, 0.3) is 0 Å². The van der Waals surface area contributed by atoms with Gasteiger partial charge in [0.2, 0.25) is 0 Å². The summed E-state index contributed by atoms with van der Waals surface area (Å²) in [4.78, 5) is 5.07. The quantitative estimate of drug-likeness (QED) is 0.195. The molecule has 5 nitrogen and oxygen atoms in total. The fraction of sp³-hybridized carbons (Fsp3) is 0.429. The lowest BCUT2D eigenvalue weighted by molar-refractivity contribution is -0.274. The van der Waals surface area contributed by atoms with Crippen molar-refractivity contribution in [2.45, 2.75) is 58.1 Å². The minimum absolute atomic E-state index is 0.226. The fourth-order valence-corrected chi connectivity index (χ4v) is 7.68. The summed E-state index contributed by atoms with van der Waals surface area (Å²) in [5.74, 6) is -0.226. The zero-order valence-electron chi connectivity index (χ0n) is 25.3. The topological polar surface area (TPSA) is 46.7 Å². The highest BCUT2D eigenvalue weighted by Gasteiger charge is 2.38. The number of alkyl halides is 3. The number of nitrogens with zero attached hydrogens (tertiary/aromatic N) is 3. The maximum absolute atomic E-state index is 12.7. The second-order valence-corrected chi connectivity index (χ2v) is 13.4. The van der Waals surface area contributed by atoms with Gasteiger partial charge >= 0.3 is 6.36 Å². The number of hydrogen-bond donors (Lipinski definition) is 1. The van der Waals surface area contributed by atoms with E-state index in [1.807, 2.05) is 18.2 Å². The zero-order valence-corrected chi connectivity index (χ0v) is 26.8. The van der Waals surface area contributed by atoms with Crippen LogP contribution in [0.3, 0.4) is 0 Å². The summed E-state index contributed by atoms with van der Waals surface area (Å²) in [6, 6.07) is 18.5. The molecule has 3 heterocycles. The molecule has 0 saturated carbocycles. The van der Waals surface area contributed by atoms with Gasteiger partial charge in [0, 0.05) is 64.5 Å². The average molecular weight is 660 g/mol. The molecule has 10 heteroatoms. The van der Waals surface area contributed by atoms with E-state index in [0.29, 0.717) is 12.0 Å². The molecule has 1 spiro atoms. The monoisotopic (exact) mass is 658 g/mol. The number of aromatic nitrogens is 1. The van der Waals surface area contributed by atoms with Crippen molar-refractivity contribution in [2.24, 2.45) is 11.1 Å². The summed E-state index contributed by atoms with van der Waals surface area (Å²) in [5, 5.41) is 2.55. The predicted octanol–water partition coefficient (Wildman–Crippen LogP) is 8.74. The molecule has 45 heavy (non-hydrogen) atoms. The molecule has 2 saturated heterocycles. The van der Waals surface area contributed by atoms with Crippen molar-refractivity contribution in [3.63, 3.8) is 0 Å². The number of rotatable bonds is 9. The van der Waals surface area contributed by atoms with E-state index in [0.717, 1.165) is 103 Å². The Balaban J connectivity index is 1.17. The van der Waals surface area contributed by atoms with Crippen molar-refractivity contribution >= 4 is 34.1 Å². The van der Waals surface area contributed by atoms with Crippen molar-refractivity contribution in [3.05, 3.63) is 88.0 Å². The molecule has 0 bridgehead atoms. The Hall–Kier alpha value is -2.75. The third kappa shape index (κ3) is 7.63. The number of benzene rings is 3. The molecule has 0 atom stereocenters. The van der Waals surface area contributed by atoms with Crippen LogP contribution >= 0.6 is 23.2 Å². The highest BCUT2D eigenvalue weighted by Crippen LogP contribution is 2.41. The van der Waals surface area contributed by atoms with Crippen LogP contribution in [0, 0.1) is 5.41 Å². The molecule has 4 aromatic rings. The Bertz CT molecular complexity index is 1590. The van der Waals surface area contributed by atoms with E-state index in [-0.39, 0.29) is 5.75 Å². The molecular formula is C35H39Cl2F3N4O. The van der Waals surface area contributed by atoms with Gasteiger partial charge in [-0.2, -0.15) is 0 Å². The van der Waals surface area contributed by atoms with E-state index in [9.17, 15) is 13.2 Å². The van der Waals surface area contributed by atoms with Crippen LogP contribution in [0.2, 0.25) is 10.0 Å². The first-order valence-corrected chi connectivity index (χ1v) is 16.4. The molecule has 2 N–H and O–H groups in total. The Kier molecular flexibility index (Phi) is 9.69. The largest absolute Gasteiger partial charge is 0.573 e. The number of ether oxygens (including phenoxy) is 1. The first-order valence-electron chi connectivity index (χ1n) is 15.7. The molecule has 3 aromatic carbocycles. The van der Waals surface area contributed by atoms with Crippen LogP contribution in [0.15, 0.2) is 66.9 Å². The number of aryl methyl sites for hydroxylation is 1. The second-order valence-electron chi connectivity index (χ2n) is 12.6. The molecular weight excluding hydrogens is 620 g/mol. The molecule has 240 valence electrons. The number of nitrogens with two attached hydrogens (primary N) is 1. The summed E-state index contributed by atoms with van der Waals surface area (Å²) in [6.45, 7) is 7.23. The van der Waals surface area contributed by atoms with Crippen LogP contribution in [0.5, 0.6) is 5.75 Å². The van der Waals surface area contributed by atoms with E-state index >= 15 is 0 Å². The zero-order chi connectivity index (χ0) is 31.6. The highest BCUT2D eigenvalue weighted by molar-refractivity contribution is 6.35. The summed E-state index contributed by atoms with van der Waals surface area (Å²) in [5.41, 5.74) is 11.3. The van der Waals surface area contributed by atoms with Crippen molar-refractivity contribution in [3.8, 4) is 16.9 Å². The minimum Gasteiger partial charge on any atom is -0.406 e. The number of piperidine rings is 2. The molecule has 0 unspecified atom stereocenters. The lowest BCUT2D eigenvalue weighted by Gasteiger charge is -2.48. The van der Waals surface area contributed by atoms with Crippen LogP contribution in [0.4, 0.5) is 13.2 Å². The number of likely N-dealkylation sites (tertiary alicyclic amines) is 2. The maximum atomic E-state index is 12.7. The van der Waals surface area contributed by atoms with Gasteiger partial charge in [-0.1, -0.05) is 47.5 Å². The third-order valence-electron chi connectivity index (χ3n) is 9.45. The first kappa shape index (κ1) is 32.2. The van der Waals surface area contributed by atoms with Crippen molar-refractivity contribution in [1.82, 2.24) is 14.4 Å². The lowest BCUT2D eigenvalue weighted by atomic mass is 9.72. The van der Waals surface area contributed by atoms with Gasteiger partial charge < -0.3 is 15.0 Å². The smallest absolute Gasteiger partial charge is 0.406 e. The molecule has 0 aliphatic carbocycles. The molecule has 1 aromatic heterocycles. The summed E-state index contributed by atoms with van der Waals surface area (Å²) in [7, 11) is 0. The van der Waals surface area contributed by atoms with Crippen molar-refractivity contribution in [2.75, 3.05) is 32.7 Å². The standard InChI is InChI=1S/C35H39Cl2F3N4O/c36-31-4-1-5-32(37)30(31)22-42-18-13-34(14-19-42)12-2-16-43(24-34)21-25-6-11-33-28(20-25)29(23-44(33)17-3-15-41)26-7-9-27(10-8-26)45-35(38,39)40/h1,4-11,20,23H,2-3,12-19,21-22,24,41H2. The van der Waals surface area contributed by atoms with E-state index in [1.54, 1.807) is 12.1 Å². The van der Waals surface area contributed by atoms with Crippen LogP contribution in [-0.4, -0.2) is 53.5 Å². The van der Waals surface area contributed by atoms with Crippen LogP contribution in [0.25, 0.3) is 22.0 Å². The van der Waals surface area contributed by atoms with Crippen LogP contribution < -0.4 is 10.5 Å². The normalized spacial score (nSPS) is 17.7. The van der Waals surface area contributed by atoms with E-state index in [1.165, 1.54) is 30.5 Å². The summed E-state index contributed by atoms with van der Waals surface area (Å²) in [6.07, 6.45) is 2.96. The molecule has 0 amide bonds. The Labute approximate surface area is 272 Å². The maximum Gasteiger partial charge on any atom is 0.573 e. The number of fused-ring (bicyclic) bond motifs is 1. The molecule has 2 aliphatic rings. The Morgan fingerprint density at radius 3 is 2.29 bits per heavy atom. The Morgan fingerprint density at radius 2 is 1.60 bits per heavy atom. The number of hydrogen-bond acceptors (Lipinski definition) is 4. The second kappa shape index (κ2) is 13.5. The van der Waals surface area contributed by atoms with E-state index < -0.39 is 6.36 Å². The van der Waals surface area contributed by atoms with E-state index in [4.69, 9.17) is 28.9 Å². The van der Waals surface area contributed by atoms with Gasteiger partial charge in [-0.3, -0.25) is 9.80 Å². The minimum atomic E-state index is -4.72. The summed E-state index contributed by atoms with van der Waals surface area (Å²) >= 11 is 12.9. The first-order chi connectivity index (χ1) is 21.6. The molecule has 2 aliphatic heterocycles. The van der Waals surface area contributed by atoms with Crippen LogP contribution in [-0.2, 0) is 19.6 Å². The fourth-order valence-electron chi connectivity index (χ4n) is 7.16. The van der Waals surface area contributed by atoms with Gasteiger partial charge in [0.05, 0.1) is 0 Å². The third-order valence-corrected chi connectivity index (χ3v) is 10.2. The Morgan fingerprint density at radius 1 is 0.867 bits per heavy atom. The molecule has 6 rings (SSSR count). The van der Waals surface area contributed by atoms with Crippen LogP contribution in [0.1, 0.15) is 43.2 Å². The summed E-state index contributed by atoms with van der Waals surface area (Å²) < 4.78 is 44.5. The lowest BCUT2D eigenvalue weighted by Crippen LogP contribution is -2.49. The van der Waals surface area contributed by atoms with Crippen molar-refractivity contribution < 1.29 is 17.9 Å². The van der Waals surface area contributed by atoms with Gasteiger partial charge in [-0.05, 0) is 111 Å². The van der Waals surface area contributed by atoms with E-state index in [2.05, 4.69) is 43.5 Å². The number of halogens is 5. The van der Waals surface area contributed by atoms with Gasteiger partial charge in [0.15, 0.2) is 0 Å².